The molecule has 0 spiro atoms. The van der Waals surface area contributed by atoms with Gasteiger partial charge >= 0.3 is 0 Å². The summed E-state index contributed by atoms with van der Waals surface area (Å²) in [5.74, 6) is 1.59. The molecule has 0 unspecified atom stereocenters. The maximum Gasteiger partial charge on any atom is 0.256 e. The number of hydrogen-bond acceptors (Lipinski definition) is 0. The molecule has 2 heteroatoms. The topological polar surface area (TPSA) is 8.81 Å². The SMILES string of the molecule is CCCCCCCCCCCCCCC[n+]1ccn(CCCCCC)c1CCCCC. The van der Waals surface area contributed by atoms with E-state index < -0.39 is 0 Å². The lowest BCUT2D eigenvalue weighted by Crippen LogP contribution is -2.37. The zero-order valence-corrected chi connectivity index (χ0v) is 21.8. The summed E-state index contributed by atoms with van der Waals surface area (Å²) < 4.78 is 5.14. The van der Waals surface area contributed by atoms with E-state index in [0.717, 1.165) is 0 Å². The van der Waals surface area contributed by atoms with Gasteiger partial charge in [-0.1, -0.05) is 117 Å². The highest BCUT2D eigenvalue weighted by atomic mass is 15.1. The van der Waals surface area contributed by atoms with Gasteiger partial charge in [0.1, 0.15) is 12.4 Å². The first-order valence-electron chi connectivity index (χ1n) is 14.4. The third-order valence-corrected chi connectivity index (χ3v) is 6.85. The first-order chi connectivity index (χ1) is 15.3. The second-order valence-electron chi connectivity index (χ2n) is 9.86. The molecule has 0 aliphatic rings. The van der Waals surface area contributed by atoms with Gasteiger partial charge < -0.3 is 0 Å². The summed E-state index contributed by atoms with van der Waals surface area (Å²) in [5, 5.41) is 0. The molecule has 0 aliphatic heterocycles. The molecule has 1 aromatic rings. The van der Waals surface area contributed by atoms with E-state index in [1.54, 1.807) is 5.82 Å². The summed E-state index contributed by atoms with van der Waals surface area (Å²) in [4.78, 5) is 0. The van der Waals surface area contributed by atoms with Gasteiger partial charge in [-0.05, 0) is 32.1 Å². The predicted molar refractivity (Wildman–Crippen MR) is 138 cm³/mol. The minimum absolute atomic E-state index is 1.22. The van der Waals surface area contributed by atoms with Crippen LogP contribution in [0.1, 0.15) is 155 Å². The fraction of sp³-hybridized carbons (Fsp3) is 0.897. The van der Waals surface area contributed by atoms with E-state index in [1.807, 2.05) is 0 Å². The van der Waals surface area contributed by atoms with Crippen molar-refractivity contribution in [1.29, 1.82) is 0 Å². The van der Waals surface area contributed by atoms with Gasteiger partial charge in [0.05, 0.1) is 13.1 Å². The Morgan fingerprint density at radius 1 is 0.548 bits per heavy atom. The van der Waals surface area contributed by atoms with Crippen molar-refractivity contribution in [2.45, 2.75) is 169 Å². The van der Waals surface area contributed by atoms with Crippen LogP contribution >= 0.6 is 0 Å². The van der Waals surface area contributed by atoms with Crippen LogP contribution in [0.5, 0.6) is 0 Å². The van der Waals surface area contributed by atoms with E-state index in [4.69, 9.17) is 0 Å². The van der Waals surface area contributed by atoms with Crippen molar-refractivity contribution >= 4 is 0 Å². The van der Waals surface area contributed by atoms with Gasteiger partial charge in [-0.15, -0.1) is 0 Å². The third kappa shape index (κ3) is 14.8. The van der Waals surface area contributed by atoms with Crippen molar-refractivity contribution in [3.05, 3.63) is 18.2 Å². The maximum absolute atomic E-state index is 2.58. The molecule has 0 fully saturated rings. The van der Waals surface area contributed by atoms with Crippen LogP contribution in [0.15, 0.2) is 12.4 Å². The highest BCUT2D eigenvalue weighted by molar-refractivity contribution is 4.84. The van der Waals surface area contributed by atoms with Crippen LogP contribution in [0.2, 0.25) is 0 Å². The summed E-state index contributed by atoms with van der Waals surface area (Å²) >= 11 is 0. The first kappa shape index (κ1) is 28.2. The third-order valence-electron chi connectivity index (χ3n) is 6.85. The maximum atomic E-state index is 2.58. The smallest absolute Gasteiger partial charge is 0.234 e. The lowest BCUT2D eigenvalue weighted by atomic mass is 10.0. The van der Waals surface area contributed by atoms with Crippen molar-refractivity contribution in [3.63, 3.8) is 0 Å². The Labute approximate surface area is 196 Å². The number of unbranched alkanes of at least 4 members (excludes halogenated alkanes) is 17. The zero-order chi connectivity index (χ0) is 22.4. The van der Waals surface area contributed by atoms with E-state index in [0.29, 0.717) is 0 Å². The molecule has 1 heterocycles. The molecule has 0 N–H and O–H groups in total. The highest BCUT2D eigenvalue weighted by Gasteiger charge is 2.16. The molecule has 0 aliphatic carbocycles. The first-order valence-corrected chi connectivity index (χ1v) is 14.4. The molecule has 0 bridgehead atoms. The molecule has 1 aromatic heterocycles. The number of nitrogens with zero attached hydrogens (tertiary/aromatic N) is 2. The number of hydrogen-bond donors (Lipinski definition) is 0. The van der Waals surface area contributed by atoms with Gasteiger partial charge in [0.15, 0.2) is 0 Å². The van der Waals surface area contributed by atoms with Gasteiger partial charge in [0.2, 0.25) is 0 Å². The number of aromatic nitrogens is 2. The summed E-state index contributed by atoms with van der Waals surface area (Å²) in [7, 11) is 0. The monoisotopic (exact) mass is 433 g/mol. The fourth-order valence-corrected chi connectivity index (χ4v) is 4.73. The Hall–Kier alpha value is -0.790. The lowest BCUT2D eigenvalue weighted by Gasteiger charge is -2.06. The Morgan fingerprint density at radius 3 is 1.55 bits per heavy atom. The normalized spacial score (nSPS) is 11.5. The minimum Gasteiger partial charge on any atom is -0.234 e. The molecule has 31 heavy (non-hydrogen) atoms. The quantitative estimate of drug-likeness (QED) is 0.120. The molecule has 0 saturated carbocycles. The minimum atomic E-state index is 1.22. The van der Waals surface area contributed by atoms with Crippen molar-refractivity contribution in [2.75, 3.05) is 0 Å². The average Bonchev–Trinajstić information content (AvgIpc) is 3.16. The summed E-state index contributed by atoms with van der Waals surface area (Å²) in [6.45, 7) is 9.35. The van der Waals surface area contributed by atoms with Crippen molar-refractivity contribution < 1.29 is 4.57 Å². The second-order valence-corrected chi connectivity index (χ2v) is 9.86. The summed E-state index contributed by atoms with van der Waals surface area (Å²) in [6, 6.07) is 0. The Morgan fingerprint density at radius 2 is 1.00 bits per heavy atom. The molecular weight excluding hydrogens is 376 g/mol. The van der Waals surface area contributed by atoms with Gasteiger partial charge in [0, 0.05) is 6.42 Å². The standard InChI is InChI=1S/C29H57N2/c1-4-7-10-12-13-14-15-16-17-18-19-20-23-26-31-28-27-30(25-22-11-8-5-2)29(31)24-21-9-6-3/h27-28H,4-26H2,1-3H3/q+1. The number of aryl methyl sites for hydroxylation is 2. The number of imidazole rings is 1. The zero-order valence-electron chi connectivity index (χ0n) is 21.8. The Kier molecular flexibility index (Phi) is 19.2. The van der Waals surface area contributed by atoms with Crippen LogP contribution in [-0.4, -0.2) is 4.57 Å². The van der Waals surface area contributed by atoms with Crippen LogP contribution in [0.4, 0.5) is 0 Å². The second kappa shape index (κ2) is 21.1. The van der Waals surface area contributed by atoms with E-state index >= 15 is 0 Å². The van der Waals surface area contributed by atoms with E-state index in [-0.39, 0.29) is 0 Å². The van der Waals surface area contributed by atoms with Gasteiger partial charge in [-0.2, -0.15) is 0 Å². The highest BCUT2D eigenvalue weighted by Crippen LogP contribution is 2.13. The van der Waals surface area contributed by atoms with Crippen LogP contribution in [0, 0.1) is 0 Å². The van der Waals surface area contributed by atoms with Gasteiger partial charge in [-0.3, -0.25) is 0 Å². The van der Waals surface area contributed by atoms with Gasteiger partial charge in [0.25, 0.3) is 5.82 Å². The van der Waals surface area contributed by atoms with Crippen LogP contribution in [0.25, 0.3) is 0 Å². The van der Waals surface area contributed by atoms with Crippen molar-refractivity contribution in [1.82, 2.24) is 4.57 Å². The largest absolute Gasteiger partial charge is 0.256 e. The molecule has 0 radical (unpaired) electrons. The lowest BCUT2D eigenvalue weighted by molar-refractivity contribution is -0.704. The van der Waals surface area contributed by atoms with E-state index in [1.165, 1.54) is 148 Å². The fourth-order valence-electron chi connectivity index (χ4n) is 4.73. The van der Waals surface area contributed by atoms with Crippen LogP contribution in [-0.2, 0) is 19.5 Å². The van der Waals surface area contributed by atoms with Crippen LogP contribution in [0.3, 0.4) is 0 Å². The van der Waals surface area contributed by atoms with E-state index in [9.17, 15) is 0 Å². The summed E-state index contributed by atoms with van der Waals surface area (Å²) in [6.07, 6.45) is 34.1. The van der Waals surface area contributed by atoms with Crippen LogP contribution < -0.4 is 4.57 Å². The van der Waals surface area contributed by atoms with Crippen molar-refractivity contribution in [2.24, 2.45) is 0 Å². The molecule has 0 amide bonds. The molecule has 0 aromatic carbocycles. The Balaban J connectivity index is 2.16. The summed E-state index contributed by atoms with van der Waals surface area (Å²) in [5.41, 5.74) is 0. The van der Waals surface area contributed by atoms with Crippen molar-refractivity contribution in [3.8, 4) is 0 Å². The molecular formula is C29H57N2+. The molecule has 182 valence electrons. The molecule has 2 nitrogen and oxygen atoms in total. The predicted octanol–water partition coefficient (Wildman–Crippen LogP) is 9.18. The van der Waals surface area contributed by atoms with E-state index in [2.05, 4.69) is 42.3 Å². The molecule has 1 rings (SSSR count). The average molecular weight is 434 g/mol. The Bertz CT molecular complexity index is 491. The number of rotatable bonds is 23. The molecule has 0 saturated heterocycles. The van der Waals surface area contributed by atoms with Gasteiger partial charge in [-0.25, -0.2) is 9.13 Å². The molecule has 0 atom stereocenters.